The molecule has 1 fully saturated rings. The third kappa shape index (κ3) is 4.53. The molecule has 3 aromatic rings. The lowest BCUT2D eigenvalue weighted by Crippen LogP contribution is -2.53. The lowest BCUT2D eigenvalue weighted by Gasteiger charge is -2.41. The number of rotatable bonds is 4. The summed E-state index contributed by atoms with van der Waals surface area (Å²) in [6, 6.07) is 1.91. The molecule has 4 rings (SSSR count). The molecule has 33 heavy (non-hydrogen) atoms. The van der Waals surface area contributed by atoms with Gasteiger partial charge in [-0.1, -0.05) is 11.6 Å². The molecule has 0 radical (unpaired) electrons. The van der Waals surface area contributed by atoms with Gasteiger partial charge in [0.2, 0.25) is 0 Å². The lowest BCUT2D eigenvalue weighted by molar-refractivity contribution is -0.210. The highest BCUT2D eigenvalue weighted by molar-refractivity contribution is 9.10. The molecular formula is C19H18BrClF3N5O4. The van der Waals surface area contributed by atoms with Crippen molar-refractivity contribution < 1.29 is 33.2 Å². The van der Waals surface area contributed by atoms with Crippen LogP contribution in [0.25, 0.3) is 5.69 Å². The van der Waals surface area contributed by atoms with Crippen LogP contribution >= 0.6 is 27.5 Å². The molecule has 0 amide bonds. The zero-order valence-electron chi connectivity index (χ0n) is 16.9. The van der Waals surface area contributed by atoms with Crippen molar-refractivity contribution >= 4 is 27.5 Å². The molecule has 0 saturated carbocycles. The summed E-state index contributed by atoms with van der Waals surface area (Å²) in [5.41, 5.74) is -1.43. The maximum absolute atomic E-state index is 13.7. The van der Waals surface area contributed by atoms with Crippen LogP contribution in [0.4, 0.5) is 13.2 Å². The Kier molecular flexibility index (Phi) is 6.55. The molecule has 2 unspecified atom stereocenters. The minimum Gasteiger partial charge on any atom is -0.394 e. The summed E-state index contributed by atoms with van der Waals surface area (Å²) in [5, 5.41) is 39.7. The summed E-state index contributed by atoms with van der Waals surface area (Å²) in [7, 11) is 0. The molecule has 178 valence electrons. The van der Waals surface area contributed by atoms with Crippen molar-refractivity contribution in [3.63, 3.8) is 0 Å². The minimum absolute atomic E-state index is 0.0325. The Labute approximate surface area is 198 Å². The molecule has 5 atom stereocenters. The van der Waals surface area contributed by atoms with Crippen LogP contribution in [0.15, 0.2) is 35.1 Å². The van der Waals surface area contributed by atoms with Crippen LogP contribution in [0.5, 0.6) is 0 Å². The largest absolute Gasteiger partial charge is 0.418 e. The molecule has 1 aromatic carbocycles. The summed E-state index contributed by atoms with van der Waals surface area (Å²) in [6.07, 6.45) is -7.21. The second-order valence-corrected chi connectivity index (χ2v) is 8.83. The summed E-state index contributed by atoms with van der Waals surface area (Å²) in [6.45, 7) is 0.842. The Hall–Kier alpha value is -2.03. The van der Waals surface area contributed by atoms with Crippen molar-refractivity contribution in [1.82, 2.24) is 24.5 Å². The van der Waals surface area contributed by atoms with E-state index in [0.29, 0.717) is 4.47 Å². The number of hydrogen-bond acceptors (Lipinski definition) is 7. The topological polar surface area (TPSA) is 118 Å². The van der Waals surface area contributed by atoms with Crippen LogP contribution in [-0.2, 0) is 10.9 Å². The lowest BCUT2D eigenvalue weighted by atomic mass is 9.92. The van der Waals surface area contributed by atoms with Gasteiger partial charge in [0.15, 0.2) is 5.82 Å². The van der Waals surface area contributed by atoms with E-state index < -0.39 is 54.5 Å². The van der Waals surface area contributed by atoms with Gasteiger partial charge in [-0.25, -0.2) is 9.67 Å². The SMILES string of the molecule is Cc1nc([C@@H]2OC(CO)[C@H](O)[C@H](n3cc(Br)cn3)C2O)n(-c2cc(Cl)ccc2C(F)(F)F)n1. The van der Waals surface area contributed by atoms with Crippen LogP contribution < -0.4 is 0 Å². The number of aliphatic hydroxyl groups is 3. The van der Waals surface area contributed by atoms with E-state index in [1.54, 1.807) is 0 Å². The number of nitrogens with zero attached hydrogens (tertiary/aromatic N) is 5. The van der Waals surface area contributed by atoms with E-state index in [-0.39, 0.29) is 16.7 Å². The zero-order valence-corrected chi connectivity index (χ0v) is 19.2. The highest BCUT2D eigenvalue weighted by Gasteiger charge is 2.48. The summed E-state index contributed by atoms with van der Waals surface area (Å²) >= 11 is 9.21. The van der Waals surface area contributed by atoms with E-state index in [4.69, 9.17) is 16.3 Å². The molecule has 0 aliphatic carbocycles. The number of halogens is 5. The number of aliphatic hydroxyl groups excluding tert-OH is 3. The number of aryl methyl sites for hydroxylation is 1. The highest BCUT2D eigenvalue weighted by atomic mass is 79.9. The number of ether oxygens (including phenoxy) is 1. The first kappa shape index (κ1) is 24.1. The normalized spacial score (nSPS) is 26.0. The monoisotopic (exact) mass is 551 g/mol. The van der Waals surface area contributed by atoms with Gasteiger partial charge in [0, 0.05) is 11.2 Å². The Morgan fingerprint density at radius 2 is 1.97 bits per heavy atom. The van der Waals surface area contributed by atoms with Crippen LogP contribution in [0.1, 0.15) is 29.4 Å². The molecule has 1 saturated heterocycles. The number of aromatic nitrogens is 5. The molecule has 1 aliphatic rings. The van der Waals surface area contributed by atoms with Crippen LogP contribution in [-0.4, -0.2) is 64.8 Å². The van der Waals surface area contributed by atoms with Crippen molar-refractivity contribution in [1.29, 1.82) is 0 Å². The smallest absolute Gasteiger partial charge is 0.394 e. The van der Waals surface area contributed by atoms with Crippen LogP contribution in [0.2, 0.25) is 5.02 Å². The van der Waals surface area contributed by atoms with Crippen molar-refractivity contribution in [3.05, 3.63) is 57.3 Å². The van der Waals surface area contributed by atoms with E-state index in [1.165, 1.54) is 24.0 Å². The average molecular weight is 553 g/mol. The highest BCUT2D eigenvalue weighted by Crippen LogP contribution is 2.40. The van der Waals surface area contributed by atoms with Crippen molar-refractivity contribution in [2.24, 2.45) is 0 Å². The van der Waals surface area contributed by atoms with E-state index in [9.17, 15) is 28.5 Å². The van der Waals surface area contributed by atoms with Gasteiger partial charge in [-0.3, -0.25) is 4.68 Å². The van der Waals surface area contributed by atoms with Gasteiger partial charge >= 0.3 is 6.18 Å². The van der Waals surface area contributed by atoms with Crippen molar-refractivity contribution in [2.45, 2.75) is 43.6 Å². The van der Waals surface area contributed by atoms with E-state index in [0.717, 1.165) is 22.9 Å². The predicted octanol–water partition coefficient (Wildman–Crippen LogP) is 2.60. The van der Waals surface area contributed by atoms with Crippen LogP contribution in [0.3, 0.4) is 0 Å². The first-order valence-corrected chi connectivity index (χ1v) is 10.8. The Morgan fingerprint density at radius 3 is 2.58 bits per heavy atom. The Bertz CT molecular complexity index is 1160. The average Bonchev–Trinajstić information content (AvgIpc) is 3.33. The molecule has 0 spiro atoms. The fourth-order valence-electron chi connectivity index (χ4n) is 3.82. The van der Waals surface area contributed by atoms with Gasteiger partial charge in [-0.05, 0) is 41.1 Å². The fraction of sp³-hybridized carbons (Fsp3) is 0.421. The van der Waals surface area contributed by atoms with Gasteiger partial charge in [0.05, 0.1) is 28.5 Å². The quantitative estimate of drug-likeness (QED) is 0.455. The van der Waals surface area contributed by atoms with Gasteiger partial charge in [0.25, 0.3) is 0 Å². The van der Waals surface area contributed by atoms with Crippen molar-refractivity contribution in [2.75, 3.05) is 6.61 Å². The molecular weight excluding hydrogens is 535 g/mol. The van der Waals surface area contributed by atoms with Gasteiger partial charge in [-0.15, -0.1) is 0 Å². The maximum atomic E-state index is 13.7. The molecule has 14 heteroatoms. The maximum Gasteiger partial charge on any atom is 0.418 e. The minimum atomic E-state index is -4.73. The summed E-state index contributed by atoms with van der Waals surface area (Å²) in [4.78, 5) is 4.20. The second kappa shape index (κ2) is 8.96. The van der Waals surface area contributed by atoms with E-state index in [2.05, 4.69) is 31.1 Å². The first-order chi connectivity index (χ1) is 15.5. The molecule has 3 heterocycles. The summed E-state index contributed by atoms with van der Waals surface area (Å²) in [5.74, 6) is -0.0479. The molecule has 3 N–H and O–H groups in total. The van der Waals surface area contributed by atoms with E-state index in [1.807, 2.05) is 0 Å². The van der Waals surface area contributed by atoms with Crippen LogP contribution in [0, 0.1) is 6.92 Å². The Balaban J connectivity index is 1.85. The second-order valence-electron chi connectivity index (χ2n) is 7.48. The number of hydrogen-bond donors (Lipinski definition) is 3. The van der Waals surface area contributed by atoms with Crippen molar-refractivity contribution in [3.8, 4) is 5.69 Å². The first-order valence-electron chi connectivity index (χ1n) is 9.64. The van der Waals surface area contributed by atoms with Gasteiger partial charge in [-0.2, -0.15) is 23.4 Å². The predicted molar refractivity (Wildman–Crippen MR) is 112 cm³/mol. The van der Waals surface area contributed by atoms with Gasteiger partial charge in [0.1, 0.15) is 36.3 Å². The third-order valence-corrected chi connectivity index (χ3v) is 5.90. The number of alkyl halides is 3. The third-order valence-electron chi connectivity index (χ3n) is 5.25. The molecule has 1 aliphatic heterocycles. The summed E-state index contributed by atoms with van der Waals surface area (Å²) < 4.78 is 49.6. The van der Waals surface area contributed by atoms with Gasteiger partial charge < -0.3 is 20.1 Å². The standard InChI is InChI=1S/C19H18BrClF3N5O4/c1-8-26-18(29(27-8)12-4-10(21)2-3-11(12)19(22,23)24)17-16(32)14(15(31)13(7-30)33-17)28-6-9(20)5-25-28/h2-6,13-17,30-32H,7H2,1H3/t13?,14-,15-,16?,17+/m0/s1. The number of benzene rings is 1. The molecule has 9 nitrogen and oxygen atoms in total. The molecule has 2 aromatic heterocycles. The zero-order chi connectivity index (χ0) is 24.1. The fourth-order valence-corrected chi connectivity index (χ4v) is 4.29. The Morgan fingerprint density at radius 1 is 1.24 bits per heavy atom. The molecule has 0 bridgehead atoms. The van der Waals surface area contributed by atoms with E-state index >= 15 is 0 Å².